The van der Waals surface area contributed by atoms with Crippen LogP contribution in [0.3, 0.4) is 0 Å². The number of rotatable bonds is 7. The Morgan fingerprint density at radius 1 is 1.60 bits per heavy atom. The largest absolute Gasteiger partial charge is 0.338 e. The maximum absolute atomic E-state index is 11.4. The zero-order valence-electron chi connectivity index (χ0n) is 9.49. The Bertz CT molecular complexity index is 307. The van der Waals surface area contributed by atoms with E-state index < -0.39 is 0 Å². The van der Waals surface area contributed by atoms with Crippen molar-refractivity contribution < 1.29 is 4.79 Å². The van der Waals surface area contributed by atoms with E-state index >= 15 is 0 Å². The van der Waals surface area contributed by atoms with E-state index in [2.05, 4.69) is 17.2 Å². The van der Waals surface area contributed by atoms with Crippen LogP contribution in [0.5, 0.6) is 0 Å². The van der Waals surface area contributed by atoms with E-state index in [9.17, 15) is 4.79 Å². The molecule has 0 atom stereocenters. The minimum atomic E-state index is 0.256. The molecule has 1 aromatic heterocycles. The Balaban J connectivity index is 2.20. The number of nitrogens with one attached hydrogen (secondary N) is 1. The van der Waals surface area contributed by atoms with E-state index in [1.165, 1.54) is 0 Å². The van der Waals surface area contributed by atoms with Crippen LogP contribution in [0.4, 0.5) is 0 Å². The van der Waals surface area contributed by atoms with Crippen LogP contribution in [0.1, 0.15) is 25.6 Å². The van der Waals surface area contributed by atoms with Crippen LogP contribution in [0.15, 0.2) is 12.4 Å². The molecule has 1 rings (SSSR count). The van der Waals surface area contributed by atoms with Crippen LogP contribution in [0, 0.1) is 0 Å². The van der Waals surface area contributed by atoms with E-state index in [0.717, 1.165) is 25.2 Å². The summed E-state index contributed by atoms with van der Waals surface area (Å²) in [6.07, 6.45) is 6.02. The topological polar surface area (TPSA) is 46.9 Å². The van der Waals surface area contributed by atoms with Gasteiger partial charge in [-0.3, -0.25) is 4.79 Å². The first-order chi connectivity index (χ1) is 7.24. The SMILES string of the molecule is CCCNCC(=O)CCc1nccn1C. The molecule has 0 aliphatic carbocycles. The van der Waals surface area contributed by atoms with Gasteiger partial charge in [-0.05, 0) is 13.0 Å². The van der Waals surface area contributed by atoms with Gasteiger partial charge in [0.15, 0.2) is 0 Å². The molecule has 0 aromatic carbocycles. The van der Waals surface area contributed by atoms with Gasteiger partial charge in [0.05, 0.1) is 6.54 Å². The summed E-state index contributed by atoms with van der Waals surface area (Å²) < 4.78 is 1.95. The van der Waals surface area contributed by atoms with E-state index in [4.69, 9.17) is 0 Å². The molecule has 4 heteroatoms. The summed E-state index contributed by atoms with van der Waals surface area (Å²) in [6.45, 7) is 3.48. The Labute approximate surface area is 90.7 Å². The molecular formula is C11H19N3O. The van der Waals surface area contributed by atoms with Gasteiger partial charge >= 0.3 is 0 Å². The zero-order valence-corrected chi connectivity index (χ0v) is 9.49. The second-order valence-corrected chi connectivity index (χ2v) is 3.67. The summed E-state index contributed by atoms with van der Waals surface area (Å²) in [5.74, 6) is 1.23. The molecule has 15 heavy (non-hydrogen) atoms. The number of nitrogens with zero attached hydrogens (tertiary/aromatic N) is 2. The number of carbonyl (C=O) groups is 1. The fourth-order valence-electron chi connectivity index (χ4n) is 1.38. The minimum Gasteiger partial charge on any atom is -0.338 e. The molecule has 0 fully saturated rings. The molecule has 1 N–H and O–H groups in total. The first kappa shape index (κ1) is 11.9. The van der Waals surface area contributed by atoms with Gasteiger partial charge in [0, 0.05) is 32.3 Å². The second-order valence-electron chi connectivity index (χ2n) is 3.67. The van der Waals surface area contributed by atoms with Gasteiger partial charge in [0.25, 0.3) is 0 Å². The molecule has 0 unspecified atom stereocenters. The molecule has 4 nitrogen and oxygen atoms in total. The summed E-state index contributed by atoms with van der Waals surface area (Å²) in [5.41, 5.74) is 0. The minimum absolute atomic E-state index is 0.256. The van der Waals surface area contributed by atoms with Crippen molar-refractivity contribution in [2.24, 2.45) is 7.05 Å². The van der Waals surface area contributed by atoms with E-state index in [1.54, 1.807) is 6.20 Å². The second kappa shape index (κ2) is 6.35. The molecular weight excluding hydrogens is 190 g/mol. The monoisotopic (exact) mass is 209 g/mol. The number of ketones is 1. The quantitative estimate of drug-likeness (QED) is 0.679. The van der Waals surface area contributed by atoms with Crippen molar-refractivity contribution in [3.8, 4) is 0 Å². The Kier molecular flexibility index (Phi) is 5.04. The lowest BCUT2D eigenvalue weighted by Gasteiger charge is -2.03. The van der Waals surface area contributed by atoms with Crippen molar-refractivity contribution in [3.63, 3.8) is 0 Å². The van der Waals surface area contributed by atoms with Gasteiger partial charge in [-0.25, -0.2) is 4.98 Å². The van der Waals surface area contributed by atoms with Gasteiger partial charge in [-0.1, -0.05) is 6.92 Å². The van der Waals surface area contributed by atoms with Crippen molar-refractivity contribution in [2.75, 3.05) is 13.1 Å². The number of aromatic nitrogens is 2. The molecule has 1 aromatic rings. The van der Waals surface area contributed by atoms with Crippen LogP contribution in [0.2, 0.25) is 0 Å². The molecule has 1 heterocycles. The summed E-state index contributed by atoms with van der Waals surface area (Å²) in [6, 6.07) is 0. The number of carbonyl (C=O) groups excluding carboxylic acids is 1. The van der Waals surface area contributed by atoms with Crippen molar-refractivity contribution in [1.82, 2.24) is 14.9 Å². The molecule has 0 radical (unpaired) electrons. The average molecular weight is 209 g/mol. The van der Waals surface area contributed by atoms with Crippen LogP contribution in [-0.2, 0) is 18.3 Å². The van der Waals surface area contributed by atoms with Crippen LogP contribution >= 0.6 is 0 Å². The molecule has 0 saturated carbocycles. The number of aryl methyl sites for hydroxylation is 2. The van der Waals surface area contributed by atoms with Crippen molar-refractivity contribution in [3.05, 3.63) is 18.2 Å². The van der Waals surface area contributed by atoms with Crippen molar-refractivity contribution >= 4 is 5.78 Å². The fourth-order valence-corrected chi connectivity index (χ4v) is 1.38. The molecule has 0 aliphatic rings. The number of hydrogen-bond acceptors (Lipinski definition) is 3. The predicted octanol–water partition coefficient (Wildman–Crippen LogP) is 0.921. The van der Waals surface area contributed by atoms with Crippen LogP contribution in [-0.4, -0.2) is 28.4 Å². The highest BCUT2D eigenvalue weighted by Crippen LogP contribution is 1.99. The molecule has 0 aliphatic heterocycles. The molecule has 0 bridgehead atoms. The third-order valence-electron chi connectivity index (χ3n) is 2.30. The number of hydrogen-bond donors (Lipinski definition) is 1. The van der Waals surface area contributed by atoms with Crippen LogP contribution in [0.25, 0.3) is 0 Å². The van der Waals surface area contributed by atoms with Gasteiger partial charge in [-0.2, -0.15) is 0 Å². The van der Waals surface area contributed by atoms with Gasteiger partial charge in [0.1, 0.15) is 11.6 Å². The fraction of sp³-hybridized carbons (Fsp3) is 0.636. The van der Waals surface area contributed by atoms with Crippen molar-refractivity contribution in [1.29, 1.82) is 0 Å². The highest BCUT2D eigenvalue weighted by molar-refractivity contribution is 5.80. The summed E-state index contributed by atoms with van der Waals surface area (Å²) in [4.78, 5) is 15.6. The first-order valence-corrected chi connectivity index (χ1v) is 5.42. The summed E-state index contributed by atoms with van der Waals surface area (Å²) >= 11 is 0. The van der Waals surface area contributed by atoms with E-state index in [1.807, 2.05) is 17.8 Å². The van der Waals surface area contributed by atoms with Gasteiger partial charge < -0.3 is 9.88 Å². The normalized spacial score (nSPS) is 10.5. The van der Waals surface area contributed by atoms with E-state index in [0.29, 0.717) is 13.0 Å². The van der Waals surface area contributed by atoms with Gasteiger partial charge in [-0.15, -0.1) is 0 Å². The molecule has 0 spiro atoms. The average Bonchev–Trinajstić information content (AvgIpc) is 2.61. The van der Waals surface area contributed by atoms with Crippen molar-refractivity contribution in [2.45, 2.75) is 26.2 Å². The van der Waals surface area contributed by atoms with Crippen LogP contribution < -0.4 is 5.32 Å². The molecule has 84 valence electrons. The highest BCUT2D eigenvalue weighted by Gasteiger charge is 2.04. The third kappa shape index (κ3) is 4.25. The lowest BCUT2D eigenvalue weighted by atomic mass is 10.2. The standard InChI is InChI=1S/C11H19N3O/c1-3-6-12-9-10(15)4-5-11-13-7-8-14(11)2/h7-8,12H,3-6,9H2,1-2H3. The maximum Gasteiger partial charge on any atom is 0.147 e. The Hall–Kier alpha value is -1.16. The molecule has 0 amide bonds. The highest BCUT2D eigenvalue weighted by atomic mass is 16.1. The summed E-state index contributed by atoms with van der Waals surface area (Å²) in [7, 11) is 1.95. The molecule has 0 saturated heterocycles. The third-order valence-corrected chi connectivity index (χ3v) is 2.30. The number of imidazole rings is 1. The summed E-state index contributed by atoms with van der Waals surface area (Å²) in [5, 5.41) is 3.10. The smallest absolute Gasteiger partial charge is 0.147 e. The van der Waals surface area contributed by atoms with E-state index in [-0.39, 0.29) is 5.78 Å². The lowest BCUT2D eigenvalue weighted by molar-refractivity contribution is -0.118. The van der Waals surface area contributed by atoms with Gasteiger partial charge in [0.2, 0.25) is 0 Å². The maximum atomic E-state index is 11.4. The Morgan fingerprint density at radius 3 is 3.00 bits per heavy atom. The number of Topliss-reactive ketones (excluding diaryl/α,β-unsaturated/α-hetero) is 1. The zero-order chi connectivity index (χ0) is 11.1. The lowest BCUT2D eigenvalue weighted by Crippen LogP contribution is -2.24. The predicted molar refractivity (Wildman–Crippen MR) is 59.7 cm³/mol. The Morgan fingerprint density at radius 2 is 2.40 bits per heavy atom. The first-order valence-electron chi connectivity index (χ1n) is 5.42.